The van der Waals surface area contributed by atoms with Crippen molar-refractivity contribution in [2.45, 2.75) is 19.4 Å². The number of aromatic nitrogens is 2. The SMILES string of the molecule is Fc1ccc(Cc2nn(-c3ccc(OCc4ccccc4)cc3)c3c2CCN3)cc1. The van der Waals surface area contributed by atoms with Crippen molar-refractivity contribution in [3.8, 4) is 11.4 Å². The third-order valence-corrected chi connectivity index (χ3v) is 5.35. The molecule has 0 bridgehead atoms. The fraction of sp³-hybridized carbons (Fsp3) is 0.160. The van der Waals surface area contributed by atoms with E-state index in [1.54, 1.807) is 0 Å². The summed E-state index contributed by atoms with van der Waals surface area (Å²) in [6, 6.07) is 24.8. The lowest BCUT2D eigenvalue weighted by atomic mass is 10.1. The molecule has 0 aliphatic carbocycles. The molecule has 1 N–H and O–H groups in total. The maximum absolute atomic E-state index is 13.2. The van der Waals surface area contributed by atoms with Crippen LogP contribution in [0.3, 0.4) is 0 Å². The summed E-state index contributed by atoms with van der Waals surface area (Å²) in [5.41, 5.74) is 5.45. The first kappa shape index (κ1) is 18.4. The van der Waals surface area contributed by atoms with Gasteiger partial charge < -0.3 is 10.1 Å². The van der Waals surface area contributed by atoms with E-state index >= 15 is 0 Å². The first-order valence-electron chi connectivity index (χ1n) is 10.1. The predicted molar refractivity (Wildman–Crippen MR) is 116 cm³/mol. The van der Waals surface area contributed by atoms with Crippen LogP contribution in [0.25, 0.3) is 5.69 Å². The molecule has 150 valence electrons. The van der Waals surface area contributed by atoms with E-state index in [0.717, 1.165) is 47.0 Å². The predicted octanol–water partition coefficient (Wildman–Crippen LogP) is 5.15. The van der Waals surface area contributed by atoms with Gasteiger partial charge in [0.05, 0.1) is 11.4 Å². The Labute approximate surface area is 174 Å². The van der Waals surface area contributed by atoms with Crippen LogP contribution in [0, 0.1) is 5.82 Å². The summed E-state index contributed by atoms with van der Waals surface area (Å²) in [6.07, 6.45) is 1.64. The zero-order chi connectivity index (χ0) is 20.3. The Hall–Kier alpha value is -3.60. The Balaban J connectivity index is 1.35. The fourth-order valence-electron chi connectivity index (χ4n) is 3.79. The molecule has 0 atom stereocenters. The minimum atomic E-state index is -0.217. The number of anilines is 1. The molecule has 0 fully saturated rings. The van der Waals surface area contributed by atoms with Gasteiger partial charge in [-0.2, -0.15) is 5.10 Å². The highest BCUT2D eigenvalue weighted by Gasteiger charge is 2.23. The van der Waals surface area contributed by atoms with Gasteiger partial charge in [-0.15, -0.1) is 0 Å². The standard InChI is InChI=1S/C25H22FN3O/c26-20-8-6-18(7-9-20)16-24-23-14-15-27-25(23)29(28-24)21-10-12-22(13-11-21)30-17-19-4-2-1-3-5-19/h1-13,27H,14-17H2. The summed E-state index contributed by atoms with van der Waals surface area (Å²) in [6.45, 7) is 1.45. The minimum absolute atomic E-state index is 0.217. The lowest BCUT2D eigenvalue weighted by molar-refractivity contribution is 0.306. The molecule has 1 aliphatic heterocycles. The van der Waals surface area contributed by atoms with Gasteiger partial charge in [0.2, 0.25) is 0 Å². The molecule has 0 saturated heterocycles. The molecule has 0 radical (unpaired) electrons. The molecule has 5 heteroatoms. The van der Waals surface area contributed by atoms with Crippen LogP contribution < -0.4 is 10.1 Å². The molecule has 0 amide bonds. The molecule has 1 aliphatic rings. The van der Waals surface area contributed by atoms with E-state index in [4.69, 9.17) is 9.84 Å². The van der Waals surface area contributed by atoms with Crippen molar-refractivity contribution >= 4 is 5.82 Å². The fourth-order valence-corrected chi connectivity index (χ4v) is 3.79. The van der Waals surface area contributed by atoms with Crippen molar-refractivity contribution in [1.29, 1.82) is 0 Å². The van der Waals surface area contributed by atoms with Gasteiger partial charge >= 0.3 is 0 Å². The van der Waals surface area contributed by atoms with E-state index < -0.39 is 0 Å². The van der Waals surface area contributed by atoms with E-state index in [1.807, 2.05) is 59.3 Å². The number of halogens is 1. The molecule has 3 aromatic carbocycles. The van der Waals surface area contributed by atoms with Crippen LogP contribution in [0.15, 0.2) is 78.9 Å². The second kappa shape index (κ2) is 8.03. The Morgan fingerprint density at radius 2 is 1.67 bits per heavy atom. The van der Waals surface area contributed by atoms with E-state index in [9.17, 15) is 4.39 Å². The van der Waals surface area contributed by atoms with Crippen LogP contribution in [-0.4, -0.2) is 16.3 Å². The zero-order valence-electron chi connectivity index (χ0n) is 16.5. The summed E-state index contributed by atoms with van der Waals surface area (Å²) in [5, 5.41) is 8.32. The highest BCUT2D eigenvalue weighted by atomic mass is 19.1. The third-order valence-electron chi connectivity index (χ3n) is 5.35. The van der Waals surface area contributed by atoms with Gasteiger partial charge in [0, 0.05) is 18.5 Å². The topological polar surface area (TPSA) is 39.1 Å². The first-order chi connectivity index (χ1) is 14.8. The molecular weight excluding hydrogens is 377 g/mol. The van der Waals surface area contributed by atoms with E-state index in [0.29, 0.717) is 13.0 Å². The highest BCUT2D eigenvalue weighted by Crippen LogP contribution is 2.30. The molecule has 0 unspecified atom stereocenters. The molecular formula is C25H22FN3O. The number of benzene rings is 3. The van der Waals surface area contributed by atoms with Crippen LogP contribution in [-0.2, 0) is 19.4 Å². The van der Waals surface area contributed by atoms with Crippen LogP contribution in [0.2, 0.25) is 0 Å². The van der Waals surface area contributed by atoms with Crippen molar-refractivity contribution in [1.82, 2.24) is 9.78 Å². The van der Waals surface area contributed by atoms with Crippen molar-refractivity contribution in [2.24, 2.45) is 0 Å². The van der Waals surface area contributed by atoms with E-state index in [-0.39, 0.29) is 5.82 Å². The second-order valence-corrected chi connectivity index (χ2v) is 7.43. The monoisotopic (exact) mass is 399 g/mol. The van der Waals surface area contributed by atoms with Gasteiger partial charge in [-0.3, -0.25) is 0 Å². The first-order valence-corrected chi connectivity index (χ1v) is 10.1. The molecule has 4 nitrogen and oxygen atoms in total. The Morgan fingerprint density at radius 1 is 0.900 bits per heavy atom. The van der Waals surface area contributed by atoms with E-state index in [1.165, 1.54) is 17.7 Å². The lowest BCUT2D eigenvalue weighted by Gasteiger charge is -2.09. The van der Waals surface area contributed by atoms with Gasteiger partial charge in [-0.1, -0.05) is 42.5 Å². The van der Waals surface area contributed by atoms with Crippen molar-refractivity contribution in [2.75, 3.05) is 11.9 Å². The van der Waals surface area contributed by atoms with Crippen molar-refractivity contribution in [3.05, 3.63) is 107 Å². The van der Waals surface area contributed by atoms with Gasteiger partial charge in [-0.25, -0.2) is 9.07 Å². The smallest absolute Gasteiger partial charge is 0.133 e. The number of hydrogen-bond acceptors (Lipinski definition) is 3. The summed E-state index contributed by atoms with van der Waals surface area (Å²) < 4.78 is 21.1. The highest BCUT2D eigenvalue weighted by molar-refractivity contribution is 5.58. The molecule has 30 heavy (non-hydrogen) atoms. The Kier molecular flexibility index (Phi) is 4.93. The second-order valence-electron chi connectivity index (χ2n) is 7.43. The third kappa shape index (κ3) is 3.79. The minimum Gasteiger partial charge on any atom is -0.489 e. The quantitative estimate of drug-likeness (QED) is 0.487. The summed E-state index contributed by atoms with van der Waals surface area (Å²) in [7, 11) is 0. The average molecular weight is 399 g/mol. The molecule has 0 spiro atoms. The maximum atomic E-state index is 13.2. The largest absolute Gasteiger partial charge is 0.489 e. The molecule has 1 aromatic heterocycles. The lowest BCUT2D eigenvalue weighted by Crippen LogP contribution is -2.05. The van der Waals surface area contributed by atoms with Crippen LogP contribution >= 0.6 is 0 Å². The number of nitrogens with zero attached hydrogens (tertiary/aromatic N) is 2. The zero-order valence-corrected chi connectivity index (χ0v) is 16.5. The van der Waals surface area contributed by atoms with Gasteiger partial charge in [0.25, 0.3) is 0 Å². The molecule has 2 heterocycles. The molecule has 4 aromatic rings. The number of ether oxygens (including phenoxy) is 1. The van der Waals surface area contributed by atoms with Crippen LogP contribution in [0.4, 0.5) is 10.2 Å². The molecule has 0 saturated carbocycles. The number of hydrogen-bond donors (Lipinski definition) is 1. The molecule has 5 rings (SSSR count). The summed E-state index contributed by atoms with van der Waals surface area (Å²) >= 11 is 0. The maximum Gasteiger partial charge on any atom is 0.133 e. The number of nitrogens with one attached hydrogen (secondary N) is 1. The van der Waals surface area contributed by atoms with Crippen LogP contribution in [0.5, 0.6) is 5.75 Å². The number of fused-ring (bicyclic) bond motifs is 1. The Bertz CT molecular complexity index is 1140. The number of rotatable bonds is 6. The summed E-state index contributed by atoms with van der Waals surface area (Å²) in [4.78, 5) is 0. The summed E-state index contributed by atoms with van der Waals surface area (Å²) in [5.74, 6) is 1.65. The average Bonchev–Trinajstić information content (AvgIpc) is 3.39. The normalized spacial score (nSPS) is 12.4. The van der Waals surface area contributed by atoms with Gasteiger partial charge in [-0.05, 0) is 53.9 Å². The van der Waals surface area contributed by atoms with E-state index in [2.05, 4.69) is 17.4 Å². The Morgan fingerprint density at radius 3 is 2.43 bits per heavy atom. The van der Waals surface area contributed by atoms with Crippen molar-refractivity contribution < 1.29 is 9.13 Å². The van der Waals surface area contributed by atoms with Gasteiger partial charge in [0.1, 0.15) is 24.0 Å². The van der Waals surface area contributed by atoms with Gasteiger partial charge in [0.15, 0.2) is 0 Å². The van der Waals surface area contributed by atoms with Crippen LogP contribution in [0.1, 0.15) is 22.4 Å². The van der Waals surface area contributed by atoms with Crippen molar-refractivity contribution in [3.63, 3.8) is 0 Å².